The van der Waals surface area contributed by atoms with Crippen LogP contribution in [0.25, 0.3) is 0 Å². The number of rotatable bonds is 6. The Kier molecular flexibility index (Phi) is 5.65. The van der Waals surface area contributed by atoms with Crippen molar-refractivity contribution in [3.63, 3.8) is 0 Å². The molecule has 0 atom stereocenters. The van der Waals surface area contributed by atoms with E-state index in [1.165, 1.54) is 18.2 Å². The van der Waals surface area contributed by atoms with E-state index < -0.39 is 15.9 Å². The number of carbonyl (C=O) groups excluding carboxylic acids is 1. The summed E-state index contributed by atoms with van der Waals surface area (Å²) < 4.78 is 37.7. The van der Waals surface area contributed by atoms with E-state index in [-0.39, 0.29) is 18.0 Å². The third-order valence-corrected chi connectivity index (χ3v) is 5.45. The van der Waals surface area contributed by atoms with Crippen molar-refractivity contribution in [1.29, 1.82) is 0 Å². The molecule has 2 aromatic carbocycles. The molecule has 2 aromatic rings. The molecule has 1 amide bonds. The van der Waals surface area contributed by atoms with E-state index in [9.17, 15) is 13.2 Å². The molecule has 1 heterocycles. The van der Waals surface area contributed by atoms with Gasteiger partial charge < -0.3 is 14.8 Å². The highest BCUT2D eigenvalue weighted by Gasteiger charge is 2.20. The Balaban J connectivity index is 1.58. The molecule has 0 bridgehead atoms. The maximum Gasteiger partial charge on any atom is 0.241 e. The van der Waals surface area contributed by atoms with E-state index in [1.807, 2.05) is 0 Å². The smallest absolute Gasteiger partial charge is 0.241 e. The monoisotopic (exact) mass is 396 g/mol. The summed E-state index contributed by atoms with van der Waals surface area (Å²) in [6.07, 6.45) is 0. The van der Waals surface area contributed by atoms with E-state index in [0.717, 1.165) is 5.56 Å². The van der Waals surface area contributed by atoms with Crippen LogP contribution in [0.5, 0.6) is 11.5 Å². The number of ether oxygens (including phenoxy) is 2. The summed E-state index contributed by atoms with van der Waals surface area (Å²) in [6.45, 7) is 0.600. The average Bonchev–Trinajstić information content (AvgIpc) is 2.65. The van der Waals surface area contributed by atoms with Crippen LogP contribution in [0.3, 0.4) is 0 Å². The molecule has 0 saturated heterocycles. The number of hydrogen-bond acceptors (Lipinski definition) is 5. The van der Waals surface area contributed by atoms with Gasteiger partial charge in [0.15, 0.2) is 11.5 Å². The zero-order valence-electron chi connectivity index (χ0n) is 13.7. The van der Waals surface area contributed by atoms with Gasteiger partial charge >= 0.3 is 0 Å². The molecule has 0 radical (unpaired) electrons. The van der Waals surface area contributed by atoms with Crippen LogP contribution in [0.2, 0.25) is 5.02 Å². The lowest BCUT2D eigenvalue weighted by Gasteiger charge is -2.18. The Bertz CT molecular complexity index is 917. The number of benzene rings is 2. The first-order valence-corrected chi connectivity index (χ1v) is 9.71. The largest absolute Gasteiger partial charge is 0.486 e. The summed E-state index contributed by atoms with van der Waals surface area (Å²) >= 11 is 6.01. The molecular weight excluding hydrogens is 380 g/mol. The first-order valence-electron chi connectivity index (χ1n) is 7.85. The molecule has 7 nitrogen and oxygen atoms in total. The minimum Gasteiger partial charge on any atom is -0.486 e. The number of halogens is 1. The lowest BCUT2D eigenvalue weighted by atomic mass is 10.2. The highest BCUT2D eigenvalue weighted by Crippen LogP contribution is 2.32. The fourth-order valence-electron chi connectivity index (χ4n) is 2.33. The first-order chi connectivity index (χ1) is 12.5. The van der Waals surface area contributed by atoms with Crippen molar-refractivity contribution >= 4 is 27.5 Å². The van der Waals surface area contributed by atoms with Crippen LogP contribution >= 0.6 is 11.6 Å². The minimum absolute atomic E-state index is 0.000605. The van der Waals surface area contributed by atoms with Gasteiger partial charge in [0.25, 0.3) is 0 Å². The van der Waals surface area contributed by atoms with Gasteiger partial charge in [0, 0.05) is 17.6 Å². The van der Waals surface area contributed by atoms with E-state index in [0.29, 0.717) is 29.7 Å². The van der Waals surface area contributed by atoms with Crippen molar-refractivity contribution in [3.8, 4) is 11.5 Å². The van der Waals surface area contributed by atoms with Crippen LogP contribution in [0.1, 0.15) is 5.56 Å². The van der Waals surface area contributed by atoms with Gasteiger partial charge in [-0.15, -0.1) is 0 Å². The summed E-state index contributed by atoms with van der Waals surface area (Å²) in [5.74, 6) is 0.390. The number of carbonyl (C=O) groups is 1. The maximum absolute atomic E-state index is 12.3. The van der Waals surface area contributed by atoms with Crippen molar-refractivity contribution in [2.45, 2.75) is 11.4 Å². The van der Waals surface area contributed by atoms with Gasteiger partial charge in [0.2, 0.25) is 15.9 Å². The molecule has 1 aliphatic rings. The molecule has 0 saturated carbocycles. The SMILES string of the molecule is O=C(CNS(=O)(=O)c1ccc2c(c1)OCCO2)NCc1ccccc1Cl. The van der Waals surface area contributed by atoms with Gasteiger partial charge in [0.05, 0.1) is 11.4 Å². The lowest BCUT2D eigenvalue weighted by molar-refractivity contribution is -0.120. The van der Waals surface area contributed by atoms with Gasteiger partial charge in [0.1, 0.15) is 13.2 Å². The first kappa shape index (κ1) is 18.5. The molecule has 0 fully saturated rings. The molecule has 1 aliphatic heterocycles. The van der Waals surface area contributed by atoms with Crippen LogP contribution < -0.4 is 19.5 Å². The molecule has 26 heavy (non-hydrogen) atoms. The zero-order valence-corrected chi connectivity index (χ0v) is 15.3. The number of hydrogen-bond donors (Lipinski definition) is 2. The van der Waals surface area contributed by atoms with E-state index in [2.05, 4.69) is 10.0 Å². The molecule has 2 N–H and O–H groups in total. The predicted octanol–water partition coefficient (Wildman–Crippen LogP) is 1.71. The fraction of sp³-hybridized carbons (Fsp3) is 0.235. The van der Waals surface area contributed by atoms with Crippen LogP contribution in [0.15, 0.2) is 47.4 Å². The number of amides is 1. The minimum atomic E-state index is -3.85. The Hall–Kier alpha value is -2.29. The average molecular weight is 397 g/mol. The van der Waals surface area contributed by atoms with Crippen molar-refractivity contribution in [1.82, 2.24) is 10.0 Å². The van der Waals surface area contributed by atoms with Crippen LogP contribution in [0.4, 0.5) is 0 Å². The molecule has 9 heteroatoms. The van der Waals surface area contributed by atoms with E-state index >= 15 is 0 Å². The van der Waals surface area contributed by atoms with Gasteiger partial charge in [-0.1, -0.05) is 29.8 Å². The molecule has 0 aromatic heterocycles. The number of nitrogens with one attached hydrogen (secondary N) is 2. The van der Waals surface area contributed by atoms with Crippen LogP contribution in [-0.4, -0.2) is 34.1 Å². The zero-order chi connectivity index (χ0) is 18.6. The molecule has 0 unspecified atom stereocenters. The Morgan fingerprint density at radius 2 is 1.81 bits per heavy atom. The summed E-state index contributed by atoms with van der Waals surface area (Å²) in [5, 5.41) is 3.15. The summed E-state index contributed by atoms with van der Waals surface area (Å²) in [7, 11) is -3.85. The second-order valence-corrected chi connectivity index (χ2v) is 7.67. The summed E-state index contributed by atoms with van der Waals surface area (Å²) in [5.41, 5.74) is 0.747. The Morgan fingerprint density at radius 1 is 1.08 bits per heavy atom. The highest BCUT2D eigenvalue weighted by molar-refractivity contribution is 7.89. The van der Waals surface area contributed by atoms with E-state index in [1.54, 1.807) is 24.3 Å². The summed E-state index contributed by atoms with van der Waals surface area (Å²) in [4.78, 5) is 11.9. The lowest BCUT2D eigenvalue weighted by Crippen LogP contribution is -2.36. The number of fused-ring (bicyclic) bond motifs is 1. The van der Waals surface area contributed by atoms with E-state index in [4.69, 9.17) is 21.1 Å². The second-order valence-electron chi connectivity index (χ2n) is 5.50. The van der Waals surface area contributed by atoms with Crippen LogP contribution in [0, 0.1) is 0 Å². The van der Waals surface area contributed by atoms with Crippen molar-refractivity contribution in [3.05, 3.63) is 53.1 Å². The van der Waals surface area contributed by atoms with Gasteiger partial charge in [-0.25, -0.2) is 13.1 Å². The number of sulfonamides is 1. The molecule has 0 spiro atoms. The Labute approximate surface area is 156 Å². The third kappa shape index (κ3) is 4.46. The quantitative estimate of drug-likeness (QED) is 0.775. The second kappa shape index (κ2) is 7.94. The van der Waals surface area contributed by atoms with Crippen molar-refractivity contribution in [2.24, 2.45) is 0 Å². The topological polar surface area (TPSA) is 93.7 Å². The van der Waals surface area contributed by atoms with Crippen LogP contribution in [-0.2, 0) is 21.4 Å². The van der Waals surface area contributed by atoms with Gasteiger partial charge in [-0.2, -0.15) is 0 Å². The van der Waals surface area contributed by atoms with Gasteiger partial charge in [-0.05, 0) is 23.8 Å². The highest BCUT2D eigenvalue weighted by atomic mass is 35.5. The van der Waals surface area contributed by atoms with Crippen molar-refractivity contribution < 1.29 is 22.7 Å². The molecular formula is C17H17ClN2O5S. The molecule has 0 aliphatic carbocycles. The normalized spacial score (nSPS) is 13.3. The molecule has 3 rings (SSSR count). The predicted molar refractivity (Wildman–Crippen MR) is 95.9 cm³/mol. The van der Waals surface area contributed by atoms with Crippen molar-refractivity contribution in [2.75, 3.05) is 19.8 Å². The third-order valence-electron chi connectivity index (χ3n) is 3.68. The standard InChI is InChI=1S/C17H17ClN2O5S/c18-14-4-2-1-3-12(14)10-19-17(21)11-20-26(22,23)13-5-6-15-16(9-13)25-8-7-24-15/h1-6,9,20H,7-8,10-11H2,(H,19,21). The maximum atomic E-state index is 12.3. The van der Waals surface area contributed by atoms with Gasteiger partial charge in [-0.3, -0.25) is 4.79 Å². The Morgan fingerprint density at radius 3 is 2.58 bits per heavy atom. The summed E-state index contributed by atoms with van der Waals surface area (Å²) in [6, 6.07) is 11.4. The molecule has 138 valence electrons. The fourth-order valence-corrected chi connectivity index (χ4v) is 3.53.